The molecule has 0 fully saturated rings. The maximum atomic E-state index is 12.9. The predicted octanol–water partition coefficient (Wildman–Crippen LogP) is 3.40. The average molecular weight is 404 g/mol. The summed E-state index contributed by atoms with van der Waals surface area (Å²) >= 11 is 6.09. The second-order valence-corrected chi connectivity index (χ2v) is 8.30. The van der Waals surface area contributed by atoms with Crippen LogP contribution in [-0.2, 0) is 14.8 Å². The van der Waals surface area contributed by atoms with Gasteiger partial charge in [-0.1, -0.05) is 18.2 Å². The van der Waals surface area contributed by atoms with Gasteiger partial charge >= 0.3 is 0 Å². The lowest BCUT2D eigenvalue weighted by atomic mass is 10.0. The summed E-state index contributed by atoms with van der Waals surface area (Å²) in [7, 11) is -0.550. The molecule has 0 unspecified atom stereocenters. The topological polar surface area (TPSA) is 81.5 Å². The summed E-state index contributed by atoms with van der Waals surface area (Å²) in [5.74, 6) is -0.192. The van der Waals surface area contributed by atoms with Crippen molar-refractivity contribution in [2.75, 3.05) is 17.9 Å². The fourth-order valence-electron chi connectivity index (χ4n) is 2.37. The largest absolute Gasteiger partial charge is 0.383 e. The first-order valence-corrected chi connectivity index (χ1v) is 9.65. The van der Waals surface area contributed by atoms with Crippen molar-refractivity contribution in [1.82, 2.24) is 4.90 Å². The van der Waals surface area contributed by atoms with Crippen molar-refractivity contribution in [3.63, 3.8) is 0 Å². The molecule has 0 amide bonds. The lowest BCUT2D eigenvalue weighted by Crippen LogP contribution is -2.21. The molecule has 8 heteroatoms. The molecule has 0 aromatic heterocycles. The SMILES string of the molecule is CC(=O)/C(=C/N(C)C)c1cccc(S(=O)(=O)N(Cl)c2cccc(C#N)c2)c1. The third-order valence-corrected chi connectivity index (χ3v) is 5.82. The number of sulfonamides is 1. The van der Waals surface area contributed by atoms with Crippen LogP contribution in [0.15, 0.2) is 59.6 Å². The van der Waals surface area contributed by atoms with Gasteiger partial charge in [-0.3, -0.25) is 4.79 Å². The van der Waals surface area contributed by atoms with Crippen LogP contribution in [0, 0.1) is 11.3 Å². The van der Waals surface area contributed by atoms with Crippen LogP contribution in [0.4, 0.5) is 5.69 Å². The molecule has 0 radical (unpaired) electrons. The molecule has 0 spiro atoms. The standard InChI is InChI=1S/C19H18ClN3O3S/c1-14(24)19(13-22(2)3)16-7-5-9-18(11-16)27(25,26)23(20)17-8-4-6-15(10-17)12-21/h4-11,13H,1-3H3/b19-13-. The van der Waals surface area contributed by atoms with Crippen LogP contribution >= 0.6 is 11.8 Å². The molecule has 6 nitrogen and oxygen atoms in total. The maximum Gasteiger partial charge on any atom is 0.278 e. The first-order valence-electron chi connectivity index (χ1n) is 7.87. The van der Waals surface area contributed by atoms with Gasteiger partial charge in [0.05, 0.1) is 22.2 Å². The number of halogens is 1. The normalized spacial score (nSPS) is 11.6. The van der Waals surface area contributed by atoms with E-state index in [2.05, 4.69) is 0 Å². The number of ketones is 1. The second kappa shape index (κ2) is 8.25. The number of rotatable bonds is 6. The number of anilines is 1. The van der Waals surface area contributed by atoms with Crippen molar-refractivity contribution in [2.24, 2.45) is 0 Å². The van der Waals surface area contributed by atoms with E-state index in [9.17, 15) is 13.2 Å². The highest BCUT2D eigenvalue weighted by Crippen LogP contribution is 2.28. The van der Waals surface area contributed by atoms with Crippen LogP contribution in [0.2, 0.25) is 0 Å². The first-order chi connectivity index (χ1) is 12.7. The molecule has 140 valence electrons. The van der Waals surface area contributed by atoms with Crippen molar-refractivity contribution >= 4 is 38.8 Å². The lowest BCUT2D eigenvalue weighted by molar-refractivity contribution is -0.111. The molecule has 0 atom stereocenters. The highest BCUT2D eigenvalue weighted by molar-refractivity contribution is 7.94. The Balaban J connectivity index is 2.51. The van der Waals surface area contributed by atoms with Crippen LogP contribution in [-0.4, -0.2) is 33.2 Å². The fourth-order valence-corrected chi connectivity index (χ4v) is 3.81. The highest BCUT2D eigenvalue weighted by atomic mass is 35.5. The Labute approximate surface area is 164 Å². The highest BCUT2D eigenvalue weighted by Gasteiger charge is 2.25. The van der Waals surface area contributed by atoms with E-state index in [0.29, 0.717) is 15.0 Å². The Morgan fingerprint density at radius 1 is 1.15 bits per heavy atom. The third kappa shape index (κ3) is 4.67. The van der Waals surface area contributed by atoms with E-state index < -0.39 is 10.0 Å². The third-order valence-electron chi connectivity index (χ3n) is 3.60. The molecule has 2 aromatic carbocycles. The van der Waals surface area contributed by atoms with Crippen LogP contribution < -0.4 is 3.82 Å². The van der Waals surface area contributed by atoms with Crippen LogP contribution in [0.1, 0.15) is 18.1 Å². The number of benzene rings is 2. The van der Waals surface area contributed by atoms with Crippen LogP contribution in [0.5, 0.6) is 0 Å². The Bertz CT molecular complexity index is 1040. The van der Waals surface area contributed by atoms with Crippen molar-refractivity contribution in [3.8, 4) is 6.07 Å². The monoisotopic (exact) mass is 403 g/mol. The summed E-state index contributed by atoms with van der Waals surface area (Å²) in [6.45, 7) is 1.41. The number of hydrogen-bond donors (Lipinski definition) is 0. The summed E-state index contributed by atoms with van der Waals surface area (Å²) in [5, 5.41) is 8.98. The Hall–Kier alpha value is -2.82. The van der Waals surface area contributed by atoms with E-state index in [-0.39, 0.29) is 21.9 Å². The van der Waals surface area contributed by atoms with Gasteiger partial charge in [-0.15, -0.1) is 0 Å². The van der Waals surface area contributed by atoms with Crippen LogP contribution in [0.3, 0.4) is 0 Å². The Morgan fingerprint density at radius 3 is 2.41 bits per heavy atom. The summed E-state index contributed by atoms with van der Waals surface area (Å²) in [4.78, 5) is 13.6. The minimum atomic E-state index is -4.09. The molecular weight excluding hydrogens is 386 g/mol. The maximum absolute atomic E-state index is 12.9. The summed E-state index contributed by atoms with van der Waals surface area (Å²) in [5.41, 5.74) is 1.28. The fraction of sp³-hybridized carbons (Fsp3) is 0.158. The summed E-state index contributed by atoms with van der Waals surface area (Å²) in [6, 6.07) is 13.9. The van der Waals surface area contributed by atoms with E-state index in [4.69, 9.17) is 17.0 Å². The second-order valence-electron chi connectivity index (χ2n) is 5.97. The Morgan fingerprint density at radius 2 is 1.81 bits per heavy atom. The van der Waals surface area contributed by atoms with Gasteiger partial charge in [-0.2, -0.15) is 17.5 Å². The zero-order valence-electron chi connectivity index (χ0n) is 15.0. The summed E-state index contributed by atoms with van der Waals surface area (Å²) in [6.07, 6.45) is 1.63. The molecular formula is C19H18ClN3O3S. The van der Waals surface area contributed by atoms with Gasteiger partial charge in [0, 0.05) is 37.6 Å². The molecule has 2 aromatic rings. The van der Waals surface area contributed by atoms with Crippen molar-refractivity contribution in [3.05, 3.63) is 65.9 Å². The minimum Gasteiger partial charge on any atom is -0.383 e. The minimum absolute atomic E-state index is 0.0664. The molecule has 0 aliphatic rings. The zero-order chi connectivity index (χ0) is 20.2. The number of carbonyl (C=O) groups excluding carboxylic acids is 1. The molecule has 0 saturated carbocycles. The van der Waals surface area contributed by atoms with E-state index in [0.717, 1.165) is 0 Å². The average Bonchev–Trinajstić information content (AvgIpc) is 2.65. The lowest BCUT2D eigenvalue weighted by Gasteiger charge is -2.17. The molecule has 0 heterocycles. The number of carbonyl (C=O) groups is 1. The van der Waals surface area contributed by atoms with Gasteiger partial charge < -0.3 is 4.90 Å². The van der Waals surface area contributed by atoms with Crippen LogP contribution in [0.25, 0.3) is 5.57 Å². The number of hydrogen-bond acceptors (Lipinski definition) is 5. The van der Waals surface area contributed by atoms with Gasteiger partial charge in [0.2, 0.25) is 0 Å². The molecule has 0 N–H and O–H groups in total. The Kier molecular flexibility index (Phi) is 6.26. The van der Waals surface area contributed by atoms with E-state index in [1.165, 1.54) is 31.2 Å². The summed E-state index contributed by atoms with van der Waals surface area (Å²) < 4.78 is 26.4. The van der Waals surface area contributed by atoms with Gasteiger partial charge in [0.25, 0.3) is 10.0 Å². The zero-order valence-corrected chi connectivity index (χ0v) is 16.6. The van der Waals surface area contributed by atoms with E-state index in [1.54, 1.807) is 49.5 Å². The number of allylic oxidation sites excluding steroid dienone is 1. The smallest absolute Gasteiger partial charge is 0.278 e. The number of nitriles is 1. The van der Waals surface area contributed by atoms with Crippen molar-refractivity contribution < 1.29 is 13.2 Å². The molecule has 2 rings (SSSR count). The molecule has 0 aliphatic heterocycles. The molecule has 0 aliphatic carbocycles. The number of Topliss-reactive ketones (excluding diaryl/α,β-unsaturated/α-hetero) is 1. The molecule has 0 bridgehead atoms. The van der Waals surface area contributed by atoms with Gasteiger partial charge in [0.1, 0.15) is 0 Å². The predicted molar refractivity (Wildman–Crippen MR) is 105 cm³/mol. The van der Waals surface area contributed by atoms with E-state index in [1.807, 2.05) is 6.07 Å². The van der Waals surface area contributed by atoms with Crippen molar-refractivity contribution in [2.45, 2.75) is 11.8 Å². The van der Waals surface area contributed by atoms with Gasteiger partial charge in [-0.25, -0.2) is 0 Å². The van der Waals surface area contributed by atoms with E-state index >= 15 is 0 Å². The molecule has 27 heavy (non-hydrogen) atoms. The first kappa shape index (κ1) is 20.5. The van der Waals surface area contributed by atoms with Crippen molar-refractivity contribution in [1.29, 1.82) is 5.26 Å². The molecule has 0 saturated heterocycles. The number of nitrogens with zero attached hydrogens (tertiary/aromatic N) is 3. The quantitative estimate of drug-likeness (QED) is 0.545. The van der Waals surface area contributed by atoms with Gasteiger partial charge in [-0.05, 0) is 42.8 Å². The van der Waals surface area contributed by atoms with Gasteiger partial charge in [0.15, 0.2) is 5.78 Å².